The van der Waals surface area contributed by atoms with Crippen molar-refractivity contribution in [3.63, 3.8) is 0 Å². The Labute approximate surface area is 113 Å². The van der Waals surface area contributed by atoms with Crippen molar-refractivity contribution in [2.75, 3.05) is 19.6 Å². The lowest BCUT2D eigenvalue weighted by Crippen LogP contribution is -2.63. The zero-order chi connectivity index (χ0) is 12.4. The first-order valence-electron chi connectivity index (χ1n) is 8.27. The molecule has 0 bridgehead atoms. The Balaban J connectivity index is 1.59. The summed E-state index contributed by atoms with van der Waals surface area (Å²) in [7, 11) is 0. The van der Waals surface area contributed by atoms with E-state index in [1.807, 2.05) is 0 Å². The van der Waals surface area contributed by atoms with Crippen molar-refractivity contribution in [3.8, 4) is 0 Å². The summed E-state index contributed by atoms with van der Waals surface area (Å²) in [5.41, 5.74) is 0.500. The van der Waals surface area contributed by atoms with E-state index < -0.39 is 0 Å². The van der Waals surface area contributed by atoms with Crippen LogP contribution in [-0.2, 0) is 0 Å². The lowest BCUT2D eigenvalue weighted by Gasteiger charge is -2.49. The van der Waals surface area contributed by atoms with Gasteiger partial charge in [-0.2, -0.15) is 0 Å². The summed E-state index contributed by atoms with van der Waals surface area (Å²) in [6.07, 6.45) is 13.0. The molecule has 0 aromatic rings. The minimum atomic E-state index is 0.500. The smallest absolute Gasteiger partial charge is 0.0309 e. The molecule has 2 heteroatoms. The Bertz CT molecular complexity index is 257. The average molecular weight is 250 g/mol. The highest BCUT2D eigenvalue weighted by atomic mass is 15.2. The maximum atomic E-state index is 3.87. The van der Waals surface area contributed by atoms with Crippen LogP contribution in [-0.4, -0.2) is 36.1 Å². The Morgan fingerprint density at radius 1 is 1.00 bits per heavy atom. The molecule has 3 rings (SSSR count). The number of nitrogens with zero attached hydrogens (tertiary/aromatic N) is 1. The van der Waals surface area contributed by atoms with Crippen LogP contribution in [0.1, 0.15) is 64.7 Å². The van der Waals surface area contributed by atoms with Gasteiger partial charge in [0.15, 0.2) is 0 Å². The summed E-state index contributed by atoms with van der Waals surface area (Å²) in [5, 5.41) is 3.87. The molecule has 18 heavy (non-hydrogen) atoms. The molecular formula is C16H30N2. The third-order valence-corrected chi connectivity index (χ3v) is 5.72. The van der Waals surface area contributed by atoms with E-state index in [0.717, 1.165) is 12.0 Å². The molecule has 3 fully saturated rings. The Morgan fingerprint density at radius 2 is 1.72 bits per heavy atom. The van der Waals surface area contributed by atoms with Crippen LogP contribution in [0.5, 0.6) is 0 Å². The highest BCUT2D eigenvalue weighted by Crippen LogP contribution is 2.34. The molecule has 1 spiro atoms. The van der Waals surface area contributed by atoms with Gasteiger partial charge in [0, 0.05) is 31.2 Å². The molecule has 0 atom stereocenters. The van der Waals surface area contributed by atoms with E-state index in [-0.39, 0.29) is 0 Å². The molecule has 1 saturated heterocycles. The van der Waals surface area contributed by atoms with Crippen LogP contribution >= 0.6 is 0 Å². The van der Waals surface area contributed by atoms with Gasteiger partial charge >= 0.3 is 0 Å². The van der Waals surface area contributed by atoms with Crippen molar-refractivity contribution in [3.05, 3.63) is 0 Å². The summed E-state index contributed by atoms with van der Waals surface area (Å²) < 4.78 is 0. The molecule has 0 unspecified atom stereocenters. The first-order valence-corrected chi connectivity index (χ1v) is 8.27. The Hall–Kier alpha value is -0.0800. The quantitative estimate of drug-likeness (QED) is 0.769. The van der Waals surface area contributed by atoms with Gasteiger partial charge in [0.25, 0.3) is 0 Å². The molecule has 2 nitrogen and oxygen atoms in total. The summed E-state index contributed by atoms with van der Waals surface area (Å²) in [5.74, 6) is 0.979. The first kappa shape index (κ1) is 12.9. The van der Waals surface area contributed by atoms with Gasteiger partial charge in [-0.25, -0.2) is 0 Å². The van der Waals surface area contributed by atoms with E-state index in [2.05, 4.69) is 17.1 Å². The van der Waals surface area contributed by atoms with Crippen molar-refractivity contribution in [1.29, 1.82) is 0 Å². The largest absolute Gasteiger partial charge is 0.309 e. The molecule has 104 valence electrons. The van der Waals surface area contributed by atoms with Crippen molar-refractivity contribution in [2.24, 2.45) is 5.92 Å². The van der Waals surface area contributed by atoms with E-state index in [9.17, 15) is 0 Å². The number of nitrogens with one attached hydrogen (secondary N) is 1. The van der Waals surface area contributed by atoms with E-state index >= 15 is 0 Å². The monoisotopic (exact) mass is 250 g/mol. The van der Waals surface area contributed by atoms with Gasteiger partial charge < -0.3 is 5.32 Å². The minimum absolute atomic E-state index is 0.500. The lowest BCUT2D eigenvalue weighted by atomic mass is 9.78. The molecule has 2 saturated carbocycles. The predicted molar refractivity (Wildman–Crippen MR) is 76.8 cm³/mol. The molecule has 0 amide bonds. The standard InChI is InChI=1S/C16H30N2/c1-14-5-7-15(8-6-14)18-12-11-17-16(13-18)9-3-2-4-10-16/h14-15,17H,2-13H2,1H3. The third kappa shape index (κ3) is 2.75. The molecule has 0 radical (unpaired) electrons. The molecule has 1 N–H and O–H groups in total. The molecule has 3 aliphatic rings. The van der Waals surface area contributed by atoms with Crippen LogP contribution < -0.4 is 5.32 Å². The van der Waals surface area contributed by atoms with Gasteiger partial charge in [-0.05, 0) is 44.4 Å². The van der Waals surface area contributed by atoms with E-state index in [4.69, 9.17) is 0 Å². The second-order valence-corrected chi connectivity index (χ2v) is 7.15. The molecule has 0 aromatic carbocycles. The van der Waals surface area contributed by atoms with Gasteiger partial charge in [0.1, 0.15) is 0 Å². The van der Waals surface area contributed by atoms with Crippen molar-refractivity contribution in [2.45, 2.75) is 76.3 Å². The van der Waals surface area contributed by atoms with Crippen LogP contribution in [0.4, 0.5) is 0 Å². The van der Waals surface area contributed by atoms with Crippen molar-refractivity contribution < 1.29 is 0 Å². The predicted octanol–water partition coefficient (Wildman–Crippen LogP) is 3.17. The van der Waals surface area contributed by atoms with Gasteiger partial charge in [0.2, 0.25) is 0 Å². The minimum Gasteiger partial charge on any atom is -0.309 e. The lowest BCUT2D eigenvalue weighted by molar-refractivity contribution is 0.0488. The highest BCUT2D eigenvalue weighted by molar-refractivity contribution is 4.98. The molecule has 2 aliphatic carbocycles. The number of hydrogen-bond acceptors (Lipinski definition) is 2. The van der Waals surface area contributed by atoms with E-state index in [1.165, 1.54) is 77.4 Å². The zero-order valence-corrected chi connectivity index (χ0v) is 12.1. The van der Waals surface area contributed by atoms with Gasteiger partial charge in [-0.3, -0.25) is 4.90 Å². The summed E-state index contributed by atoms with van der Waals surface area (Å²) in [6.45, 7) is 6.29. The molecular weight excluding hydrogens is 220 g/mol. The van der Waals surface area contributed by atoms with Crippen LogP contribution in [0.3, 0.4) is 0 Å². The Morgan fingerprint density at radius 3 is 2.44 bits per heavy atom. The van der Waals surface area contributed by atoms with Crippen LogP contribution in [0, 0.1) is 5.92 Å². The number of rotatable bonds is 1. The number of hydrogen-bond donors (Lipinski definition) is 1. The molecule has 1 aliphatic heterocycles. The van der Waals surface area contributed by atoms with Crippen LogP contribution in [0.15, 0.2) is 0 Å². The molecule has 0 aromatic heterocycles. The zero-order valence-electron chi connectivity index (χ0n) is 12.1. The van der Waals surface area contributed by atoms with Crippen molar-refractivity contribution in [1.82, 2.24) is 10.2 Å². The van der Waals surface area contributed by atoms with Gasteiger partial charge in [-0.1, -0.05) is 26.2 Å². The fraction of sp³-hybridized carbons (Fsp3) is 1.00. The number of piperazine rings is 1. The van der Waals surface area contributed by atoms with E-state index in [1.54, 1.807) is 0 Å². The van der Waals surface area contributed by atoms with Crippen LogP contribution in [0.25, 0.3) is 0 Å². The summed E-state index contributed by atoms with van der Waals surface area (Å²) >= 11 is 0. The van der Waals surface area contributed by atoms with E-state index in [0.29, 0.717) is 5.54 Å². The second kappa shape index (κ2) is 5.50. The first-order chi connectivity index (χ1) is 8.77. The SMILES string of the molecule is CC1CCC(N2CCNC3(CCCCC3)C2)CC1. The second-order valence-electron chi connectivity index (χ2n) is 7.15. The normalized spacial score (nSPS) is 37.8. The third-order valence-electron chi connectivity index (χ3n) is 5.72. The Kier molecular flexibility index (Phi) is 3.95. The maximum Gasteiger partial charge on any atom is 0.0309 e. The summed E-state index contributed by atoms with van der Waals surface area (Å²) in [4.78, 5) is 2.84. The average Bonchev–Trinajstić information content (AvgIpc) is 2.40. The van der Waals surface area contributed by atoms with Gasteiger partial charge in [-0.15, -0.1) is 0 Å². The highest BCUT2D eigenvalue weighted by Gasteiger charge is 2.38. The van der Waals surface area contributed by atoms with Gasteiger partial charge in [0.05, 0.1) is 0 Å². The van der Waals surface area contributed by atoms with Crippen LogP contribution in [0.2, 0.25) is 0 Å². The van der Waals surface area contributed by atoms with Crippen molar-refractivity contribution >= 4 is 0 Å². The summed E-state index contributed by atoms with van der Waals surface area (Å²) in [6, 6.07) is 0.905. The maximum absolute atomic E-state index is 3.87. The fourth-order valence-electron chi connectivity index (χ4n) is 4.47. The molecule has 1 heterocycles. The fourth-order valence-corrected chi connectivity index (χ4v) is 4.47. The topological polar surface area (TPSA) is 15.3 Å².